The van der Waals surface area contributed by atoms with E-state index in [1.807, 2.05) is 36.7 Å². The Balaban J connectivity index is 1.21. The molecule has 0 aliphatic carbocycles. The minimum absolute atomic E-state index is 0.841. The zero-order chi connectivity index (χ0) is 23.9. The highest BCUT2D eigenvalue weighted by molar-refractivity contribution is 5.88. The number of imidazole rings is 2. The number of pyridine rings is 2. The highest BCUT2D eigenvalue weighted by atomic mass is 14.9. The van der Waals surface area contributed by atoms with Gasteiger partial charge in [0.15, 0.2) is 0 Å². The molecule has 7 rings (SSSR count). The van der Waals surface area contributed by atoms with Crippen molar-refractivity contribution < 1.29 is 0 Å². The molecule has 0 saturated heterocycles. The zero-order valence-electron chi connectivity index (χ0n) is 19.2. The Morgan fingerprint density at radius 1 is 0.389 bits per heavy atom. The Labute approximate surface area is 206 Å². The van der Waals surface area contributed by atoms with Gasteiger partial charge in [0, 0.05) is 35.9 Å². The van der Waals surface area contributed by atoms with Gasteiger partial charge in [0.25, 0.3) is 0 Å². The largest absolute Gasteiger partial charge is 0.338 e. The molecule has 2 N–H and O–H groups in total. The second kappa shape index (κ2) is 8.29. The van der Waals surface area contributed by atoms with E-state index in [4.69, 9.17) is 9.97 Å². The van der Waals surface area contributed by atoms with Gasteiger partial charge in [-0.2, -0.15) is 0 Å². The van der Waals surface area contributed by atoms with Crippen molar-refractivity contribution in [3.63, 3.8) is 0 Å². The van der Waals surface area contributed by atoms with Gasteiger partial charge in [0.2, 0.25) is 0 Å². The summed E-state index contributed by atoms with van der Waals surface area (Å²) >= 11 is 0. The lowest BCUT2D eigenvalue weighted by molar-refractivity contribution is 1.28. The van der Waals surface area contributed by atoms with Crippen LogP contribution in [0, 0.1) is 0 Å². The van der Waals surface area contributed by atoms with E-state index in [9.17, 15) is 0 Å². The van der Waals surface area contributed by atoms with Crippen LogP contribution in [0.5, 0.6) is 0 Å². The van der Waals surface area contributed by atoms with Crippen LogP contribution < -0.4 is 0 Å². The molecule has 7 aromatic rings. The van der Waals surface area contributed by atoms with Crippen LogP contribution in [0.3, 0.4) is 0 Å². The third-order valence-corrected chi connectivity index (χ3v) is 6.42. The molecule has 3 aromatic carbocycles. The number of benzene rings is 3. The van der Waals surface area contributed by atoms with E-state index in [1.165, 1.54) is 0 Å². The summed E-state index contributed by atoms with van der Waals surface area (Å²) in [6, 6.07) is 29.0. The number of aromatic nitrogens is 6. The van der Waals surface area contributed by atoms with E-state index in [0.29, 0.717) is 0 Å². The summed E-state index contributed by atoms with van der Waals surface area (Å²) in [5.41, 5.74) is 10.5. The minimum Gasteiger partial charge on any atom is -0.338 e. The van der Waals surface area contributed by atoms with Crippen LogP contribution in [0.1, 0.15) is 0 Å². The van der Waals surface area contributed by atoms with Gasteiger partial charge in [-0.3, -0.25) is 9.97 Å². The van der Waals surface area contributed by atoms with E-state index in [2.05, 4.69) is 80.6 Å². The first-order valence-electron chi connectivity index (χ1n) is 11.7. The zero-order valence-corrected chi connectivity index (χ0v) is 19.2. The molecule has 4 heterocycles. The molecule has 4 aromatic heterocycles. The Morgan fingerprint density at radius 3 is 1.31 bits per heavy atom. The van der Waals surface area contributed by atoms with Gasteiger partial charge in [-0.25, -0.2) is 9.97 Å². The molecule has 0 radical (unpaired) electrons. The monoisotopic (exact) mass is 464 g/mol. The summed E-state index contributed by atoms with van der Waals surface area (Å²) in [5.74, 6) is 1.70. The average Bonchev–Trinajstić information content (AvgIpc) is 3.58. The normalized spacial score (nSPS) is 11.3. The number of hydrogen-bond acceptors (Lipinski definition) is 4. The number of hydrogen-bond donors (Lipinski definition) is 2. The first kappa shape index (κ1) is 20.3. The minimum atomic E-state index is 0.841. The quantitative estimate of drug-likeness (QED) is 0.297. The molecule has 6 nitrogen and oxygen atoms in total. The number of nitrogens with one attached hydrogen (secondary N) is 2. The summed E-state index contributed by atoms with van der Waals surface area (Å²) in [4.78, 5) is 24.7. The number of rotatable bonds is 4. The first-order valence-corrected chi connectivity index (χ1v) is 11.7. The van der Waals surface area contributed by atoms with Gasteiger partial charge in [0.05, 0.1) is 22.1 Å². The smallest absolute Gasteiger partial charge is 0.138 e. The van der Waals surface area contributed by atoms with Crippen molar-refractivity contribution >= 4 is 22.1 Å². The summed E-state index contributed by atoms with van der Waals surface area (Å²) in [6.45, 7) is 0. The summed E-state index contributed by atoms with van der Waals surface area (Å²) in [7, 11) is 0. The van der Waals surface area contributed by atoms with E-state index < -0.39 is 0 Å². The van der Waals surface area contributed by atoms with Crippen LogP contribution in [-0.2, 0) is 0 Å². The number of nitrogens with zero attached hydrogens (tertiary/aromatic N) is 4. The van der Waals surface area contributed by atoms with E-state index in [1.54, 1.807) is 12.4 Å². The van der Waals surface area contributed by atoms with Gasteiger partial charge in [0.1, 0.15) is 11.6 Å². The summed E-state index contributed by atoms with van der Waals surface area (Å²) in [6.07, 6.45) is 7.17. The lowest BCUT2D eigenvalue weighted by Crippen LogP contribution is -1.82. The fraction of sp³-hybridized carbons (Fsp3) is 0. The summed E-state index contributed by atoms with van der Waals surface area (Å²) in [5, 5.41) is 0. The Morgan fingerprint density at radius 2 is 0.778 bits per heavy atom. The van der Waals surface area contributed by atoms with Crippen molar-refractivity contribution in [3.8, 4) is 45.0 Å². The maximum atomic E-state index is 4.82. The van der Waals surface area contributed by atoms with Crippen molar-refractivity contribution in [3.05, 3.63) is 110 Å². The van der Waals surface area contributed by atoms with Crippen LogP contribution in [0.4, 0.5) is 0 Å². The van der Waals surface area contributed by atoms with Crippen LogP contribution in [0.25, 0.3) is 67.1 Å². The van der Waals surface area contributed by atoms with E-state index in [0.717, 1.165) is 67.1 Å². The molecular weight excluding hydrogens is 444 g/mol. The number of aromatic amines is 2. The van der Waals surface area contributed by atoms with Crippen LogP contribution in [-0.4, -0.2) is 29.9 Å². The molecule has 36 heavy (non-hydrogen) atoms. The maximum Gasteiger partial charge on any atom is 0.138 e. The van der Waals surface area contributed by atoms with E-state index in [-0.39, 0.29) is 0 Å². The van der Waals surface area contributed by atoms with Crippen LogP contribution >= 0.6 is 0 Å². The molecule has 6 heteroatoms. The van der Waals surface area contributed by atoms with Crippen molar-refractivity contribution in [1.29, 1.82) is 0 Å². The average molecular weight is 465 g/mol. The Hall–Kier alpha value is -5.10. The molecule has 0 spiro atoms. The first-order chi connectivity index (χ1) is 17.8. The molecule has 0 amide bonds. The molecule has 0 atom stereocenters. The molecule has 0 fully saturated rings. The molecular formula is C30H20N6. The lowest BCUT2D eigenvalue weighted by Gasteiger charge is -2.02. The Bertz CT molecular complexity index is 1820. The van der Waals surface area contributed by atoms with Gasteiger partial charge < -0.3 is 9.97 Å². The second-order valence-corrected chi connectivity index (χ2v) is 8.68. The SMILES string of the molecule is c1cc(-c2ccc(-c3nc4ccc(-c5ccc6nc(-c7ccncc7)[nH]c6c5)cc4[nH]3)cc2)ccn1. The summed E-state index contributed by atoms with van der Waals surface area (Å²) < 4.78 is 0. The van der Waals surface area contributed by atoms with Crippen molar-refractivity contribution in [2.75, 3.05) is 0 Å². The Kier molecular flexibility index (Phi) is 4.67. The van der Waals surface area contributed by atoms with Gasteiger partial charge in [-0.1, -0.05) is 36.4 Å². The van der Waals surface area contributed by atoms with Crippen molar-refractivity contribution in [1.82, 2.24) is 29.9 Å². The standard InChI is InChI=1S/C30H20N6/c1-3-21(4-2-19(1)20-9-13-31-14-10-20)29-33-25-7-5-23(17-27(25)35-29)24-6-8-26-28(18-24)36-30(34-26)22-11-15-32-16-12-22/h1-18H,(H,33,35)(H,34,36). The molecule has 0 bridgehead atoms. The molecule has 0 aliphatic heterocycles. The van der Waals surface area contributed by atoms with Gasteiger partial charge in [-0.15, -0.1) is 0 Å². The maximum absolute atomic E-state index is 4.82. The predicted molar refractivity (Wildman–Crippen MR) is 143 cm³/mol. The fourth-order valence-corrected chi connectivity index (χ4v) is 4.53. The molecule has 170 valence electrons. The highest BCUT2D eigenvalue weighted by Crippen LogP contribution is 2.30. The molecule has 0 aliphatic rings. The topological polar surface area (TPSA) is 83.1 Å². The number of fused-ring (bicyclic) bond motifs is 2. The van der Waals surface area contributed by atoms with Crippen LogP contribution in [0.2, 0.25) is 0 Å². The van der Waals surface area contributed by atoms with Crippen LogP contribution in [0.15, 0.2) is 110 Å². The lowest BCUT2D eigenvalue weighted by atomic mass is 10.0. The third-order valence-electron chi connectivity index (χ3n) is 6.42. The highest BCUT2D eigenvalue weighted by Gasteiger charge is 2.10. The third kappa shape index (κ3) is 3.61. The molecule has 0 unspecified atom stereocenters. The number of H-pyrrole nitrogens is 2. The van der Waals surface area contributed by atoms with Crippen molar-refractivity contribution in [2.45, 2.75) is 0 Å². The van der Waals surface area contributed by atoms with E-state index >= 15 is 0 Å². The predicted octanol–water partition coefficient (Wildman–Crippen LogP) is 6.90. The van der Waals surface area contributed by atoms with Gasteiger partial charge >= 0.3 is 0 Å². The van der Waals surface area contributed by atoms with Crippen molar-refractivity contribution in [2.24, 2.45) is 0 Å². The molecule has 0 saturated carbocycles. The fourth-order valence-electron chi connectivity index (χ4n) is 4.53. The van der Waals surface area contributed by atoms with Gasteiger partial charge in [-0.05, 0) is 70.8 Å². The second-order valence-electron chi connectivity index (χ2n) is 8.68.